The average molecular weight is 306 g/mol. The summed E-state index contributed by atoms with van der Waals surface area (Å²) in [5, 5.41) is 12.7. The Hall–Kier alpha value is -1.90. The maximum absolute atomic E-state index is 10.6. The first-order valence-electron chi connectivity index (χ1n) is 6.48. The van der Waals surface area contributed by atoms with Crippen LogP contribution in [0.2, 0.25) is 0 Å². The van der Waals surface area contributed by atoms with E-state index in [0.29, 0.717) is 0 Å². The third-order valence-corrected chi connectivity index (χ3v) is 3.87. The number of carboxylic acids is 1. The van der Waals surface area contributed by atoms with Crippen molar-refractivity contribution in [3.05, 3.63) is 23.7 Å². The van der Waals surface area contributed by atoms with E-state index in [4.69, 9.17) is 15.6 Å². The lowest BCUT2D eigenvalue weighted by atomic mass is 9.77. The number of halogens is 3. The van der Waals surface area contributed by atoms with Gasteiger partial charge in [-0.2, -0.15) is 13.2 Å². The van der Waals surface area contributed by atoms with E-state index in [0.717, 1.165) is 38.2 Å². The monoisotopic (exact) mass is 306 g/mol. The van der Waals surface area contributed by atoms with Crippen molar-refractivity contribution in [3.8, 4) is 0 Å². The fraction of sp³-hybridized carbons (Fsp3) is 0.583. The van der Waals surface area contributed by atoms with Crippen LogP contribution in [0, 0.1) is 5.41 Å². The number of allylic oxidation sites excluding steroid dienone is 1. The van der Waals surface area contributed by atoms with Crippen LogP contribution in [0.25, 0.3) is 0 Å². The van der Waals surface area contributed by atoms with Gasteiger partial charge in [0, 0.05) is 17.3 Å². The van der Waals surface area contributed by atoms with Crippen molar-refractivity contribution in [2.45, 2.75) is 19.0 Å². The smallest absolute Gasteiger partial charge is 0.475 e. The molecule has 3 aliphatic rings. The van der Waals surface area contributed by atoms with Crippen molar-refractivity contribution in [3.63, 3.8) is 0 Å². The largest absolute Gasteiger partial charge is 0.490 e. The number of fused-ring (bicyclic) bond motifs is 1. The summed E-state index contributed by atoms with van der Waals surface area (Å²) in [6.45, 7) is 3.21. The third kappa shape index (κ3) is 3.07. The molecule has 1 saturated heterocycles. The molecule has 0 atom stereocenters. The van der Waals surface area contributed by atoms with Gasteiger partial charge in [0.25, 0.3) is 0 Å². The van der Waals surface area contributed by atoms with E-state index in [1.807, 2.05) is 6.20 Å². The van der Waals surface area contributed by atoms with Crippen LogP contribution in [0.5, 0.6) is 0 Å². The lowest BCUT2D eigenvalue weighted by Crippen LogP contribution is -2.43. The summed E-state index contributed by atoms with van der Waals surface area (Å²) >= 11 is 0. The topological polar surface area (TPSA) is 90.6 Å². The Morgan fingerprint density at radius 2 is 1.95 bits per heavy atom. The van der Waals surface area contributed by atoms with Crippen LogP contribution in [0.15, 0.2) is 23.7 Å². The molecule has 118 valence electrons. The van der Waals surface area contributed by atoms with Crippen LogP contribution in [-0.4, -0.2) is 41.9 Å². The number of hydrazine groups is 1. The molecule has 0 aromatic heterocycles. The number of nitrogens with one attached hydrogen (secondary N) is 2. The minimum Gasteiger partial charge on any atom is -0.475 e. The summed E-state index contributed by atoms with van der Waals surface area (Å²) in [7, 11) is 0. The number of carbonyl (C=O) groups is 1. The standard InChI is InChI=1S/C10H16N4.C2HF3O2/c11-9-8-1-4-13-14(8)7-10(9)2-5-12-6-3-10;3-2(4,5)1(6)7/h1,4,12-13H,2-3,5-7,11H2;(H,6,7). The second kappa shape index (κ2) is 5.47. The number of piperidine rings is 1. The SMILES string of the molecule is NC1=C2C=CNN2CC12CCNCC2.O=C(O)C(F)(F)F. The molecule has 9 heteroatoms. The fourth-order valence-corrected chi connectivity index (χ4v) is 2.72. The second-order valence-electron chi connectivity index (χ2n) is 5.18. The van der Waals surface area contributed by atoms with Crippen LogP contribution in [-0.2, 0) is 4.79 Å². The van der Waals surface area contributed by atoms with Gasteiger partial charge in [-0.1, -0.05) is 0 Å². The van der Waals surface area contributed by atoms with Crippen LogP contribution in [0.3, 0.4) is 0 Å². The predicted molar refractivity (Wildman–Crippen MR) is 68.4 cm³/mol. The van der Waals surface area contributed by atoms with Gasteiger partial charge in [-0.15, -0.1) is 0 Å². The maximum atomic E-state index is 10.6. The van der Waals surface area contributed by atoms with Gasteiger partial charge in [-0.05, 0) is 32.0 Å². The molecule has 0 bridgehead atoms. The van der Waals surface area contributed by atoms with Gasteiger partial charge in [0.2, 0.25) is 0 Å². The van der Waals surface area contributed by atoms with Crippen LogP contribution >= 0.6 is 0 Å². The van der Waals surface area contributed by atoms with Gasteiger partial charge < -0.3 is 21.6 Å². The first kappa shape index (κ1) is 15.5. The molecule has 0 aliphatic carbocycles. The highest BCUT2D eigenvalue weighted by molar-refractivity contribution is 5.73. The molecule has 21 heavy (non-hydrogen) atoms. The van der Waals surface area contributed by atoms with E-state index in [1.54, 1.807) is 0 Å². The molecular weight excluding hydrogens is 289 g/mol. The van der Waals surface area contributed by atoms with Crippen LogP contribution in [0.4, 0.5) is 13.2 Å². The average Bonchev–Trinajstić information content (AvgIpc) is 2.94. The van der Waals surface area contributed by atoms with Crippen LogP contribution < -0.4 is 16.5 Å². The van der Waals surface area contributed by atoms with Crippen molar-refractivity contribution >= 4 is 5.97 Å². The number of rotatable bonds is 0. The predicted octanol–water partition coefficient (Wildman–Crippen LogP) is 0.507. The number of hydrogen-bond acceptors (Lipinski definition) is 5. The molecule has 3 heterocycles. The van der Waals surface area contributed by atoms with E-state index in [2.05, 4.69) is 21.8 Å². The molecule has 3 rings (SSSR count). The molecule has 0 aromatic carbocycles. The molecular formula is C12H17F3N4O2. The number of nitrogens with zero attached hydrogens (tertiary/aromatic N) is 1. The first-order valence-corrected chi connectivity index (χ1v) is 6.48. The van der Waals surface area contributed by atoms with E-state index < -0.39 is 12.1 Å². The Kier molecular flexibility index (Phi) is 4.04. The molecule has 0 aromatic rings. The molecule has 1 spiro atoms. The zero-order valence-electron chi connectivity index (χ0n) is 11.2. The molecule has 6 nitrogen and oxygen atoms in total. The van der Waals surface area contributed by atoms with Gasteiger partial charge in [0.1, 0.15) is 0 Å². The second-order valence-corrected chi connectivity index (χ2v) is 5.18. The maximum Gasteiger partial charge on any atom is 0.490 e. The summed E-state index contributed by atoms with van der Waals surface area (Å²) in [6.07, 6.45) is 1.27. The summed E-state index contributed by atoms with van der Waals surface area (Å²) in [5.74, 6) is -2.76. The molecule has 0 saturated carbocycles. The number of aliphatic carboxylic acids is 1. The van der Waals surface area contributed by atoms with Crippen LogP contribution in [0.1, 0.15) is 12.8 Å². The third-order valence-electron chi connectivity index (χ3n) is 3.87. The fourth-order valence-electron chi connectivity index (χ4n) is 2.72. The zero-order valence-corrected chi connectivity index (χ0v) is 11.2. The molecule has 3 aliphatic heterocycles. The number of alkyl halides is 3. The Morgan fingerprint density at radius 1 is 1.38 bits per heavy atom. The van der Waals surface area contributed by atoms with Crippen molar-refractivity contribution in [1.82, 2.24) is 15.8 Å². The molecule has 0 unspecified atom stereocenters. The lowest BCUT2D eigenvalue weighted by molar-refractivity contribution is -0.192. The van der Waals surface area contributed by atoms with Crippen molar-refractivity contribution in [2.24, 2.45) is 11.1 Å². The Labute approximate surface area is 119 Å². The summed E-state index contributed by atoms with van der Waals surface area (Å²) in [5.41, 5.74) is 12.0. The molecule has 0 radical (unpaired) electrons. The first-order chi connectivity index (χ1) is 9.76. The number of nitrogens with two attached hydrogens (primary N) is 1. The summed E-state index contributed by atoms with van der Waals surface area (Å²) in [4.78, 5) is 8.90. The van der Waals surface area contributed by atoms with E-state index in [-0.39, 0.29) is 5.41 Å². The Bertz CT molecular complexity index is 481. The quantitative estimate of drug-likeness (QED) is 0.521. The Morgan fingerprint density at radius 3 is 2.43 bits per heavy atom. The lowest BCUT2D eigenvalue weighted by Gasteiger charge is -2.35. The minimum absolute atomic E-state index is 0.234. The minimum atomic E-state index is -5.08. The summed E-state index contributed by atoms with van der Waals surface area (Å²) in [6, 6.07) is 0. The van der Waals surface area contributed by atoms with Gasteiger partial charge in [-0.25, -0.2) is 4.79 Å². The highest BCUT2D eigenvalue weighted by Crippen LogP contribution is 2.43. The van der Waals surface area contributed by atoms with Crippen molar-refractivity contribution in [1.29, 1.82) is 0 Å². The molecule has 5 N–H and O–H groups in total. The van der Waals surface area contributed by atoms with E-state index >= 15 is 0 Å². The van der Waals surface area contributed by atoms with E-state index in [1.165, 1.54) is 5.70 Å². The van der Waals surface area contributed by atoms with Crippen molar-refractivity contribution in [2.75, 3.05) is 19.6 Å². The normalized spacial score (nSPS) is 22.7. The van der Waals surface area contributed by atoms with Gasteiger partial charge >= 0.3 is 12.1 Å². The Balaban J connectivity index is 0.000000199. The zero-order chi connectivity index (χ0) is 15.7. The number of hydrogen-bond donors (Lipinski definition) is 4. The number of carboxylic acid groups (broad SMARTS) is 1. The molecule has 1 fully saturated rings. The van der Waals surface area contributed by atoms with Gasteiger partial charge in [0.15, 0.2) is 0 Å². The van der Waals surface area contributed by atoms with E-state index in [9.17, 15) is 13.2 Å². The van der Waals surface area contributed by atoms with Gasteiger partial charge in [0.05, 0.1) is 12.2 Å². The highest BCUT2D eigenvalue weighted by atomic mass is 19.4. The summed E-state index contributed by atoms with van der Waals surface area (Å²) < 4.78 is 31.7. The molecule has 0 amide bonds. The highest BCUT2D eigenvalue weighted by Gasteiger charge is 2.44. The van der Waals surface area contributed by atoms with Crippen molar-refractivity contribution < 1.29 is 23.1 Å². The van der Waals surface area contributed by atoms with Gasteiger partial charge in [-0.3, -0.25) is 5.01 Å².